The molecule has 0 bridgehead atoms. The van der Waals surface area contributed by atoms with E-state index in [2.05, 4.69) is 43.4 Å². The Morgan fingerprint density at radius 3 is 2.64 bits per heavy atom. The summed E-state index contributed by atoms with van der Waals surface area (Å²) in [4.78, 5) is 0. The normalized spacial score (nSPS) is 29.1. The SMILES string of the molecule is CCC1CCCC(OC(C)(C)CI)C1. The second-order valence-electron chi connectivity index (χ2n) is 5.07. The van der Waals surface area contributed by atoms with Crippen LogP contribution < -0.4 is 0 Å². The third-order valence-corrected chi connectivity index (χ3v) is 4.96. The van der Waals surface area contributed by atoms with Crippen LogP contribution in [0.15, 0.2) is 0 Å². The Morgan fingerprint density at radius 2 is 2.07 bits per heavy atom. The molecule has 1 saturated carbocycles. The molecule has 1 nitrogen and oxygen atoms in total. The van der Waals surface area contributed by atoms with Gasteiger partial charge in [0.1, 0.15) is 0 Å². The zero-order valence-corrected chi connectivity index (χ0v) is 11.8. The third kappa shape index (κ3) is 4.05. The summed E-state index contributed by atoms with van der Waals surface area (Å²) in [5.41, 5.74) is 0.0703. The number of hydrogen-bond acceptors (Lipinski definition) is 1. The molecule has 0 aromatic heterocycles. The van der Waals surface area contributed by atoms with Crippen molar-refractivity contribution in [2.24, 2.45) is 5.92 Å². The molecule has 2 heteroatoms. The molecule has 1 aliphatic carbocycles. The summed E-state index contributed by atoms with van der Waals surface area (Å²) in [5.74, 6) is 0.916. The lowest BCUT2D eigenvalue weighted by atomic mass is 9.85. The topological polar surface area (TPSA) is 9.23 Å². The maximum Gasteiger partial charge on any atom is 0.0719 e. The van der Waals surface area contributed by atoms with Gasteiger partial charge in [-0.2, -0.15) is 0 Å². The molecule has 1 fully saturated rings. The van der Waals surface area contributed by atoms with E-state index in [1.165, 1.54) is 32.1 Å². The average Bonchev–Trinajstić information content (AvgIpc) is 2.17. The van der Waals surface area contributed by atoms with E-state index in [9.17, 15) is 0 Å². The lowest BCUT2D eigenvalue weighted by Crippen LogP contribution is -2.34. The molecule has 1 aliphatic rings. The average molecular weight is 310 g/mol. The van der Waals surface area contributed by atoms with Crippen LogP contribution in [0.2, 0.25) is 0 Å². The highest BCUT2D eigenvalue weighted by Crippen LogP contribution is 2.31. The van der Waals surface area contributed by atoms with Crippen LogP contribution in [0.25, 0.3) is 0 Å². The van der Waals surface area contributed by atoms with Gasteiger partial charge >= 0.3 is 0 Å². The molecule has 0 aromatic rings. The second kappa shape index (κ2) is 5.69. The standard InChI is InChI=1S/C12H23IO/c1-4-10-6-5-7-11(8-10)14-12(2,3)9-13/h10-11H,4-9H2,1-3H3. The van der Waals surface area contributed by atoms with Crippen molar-refractivity contribution in [3.8, 4) is 0 Å². The molecule has 0 radical (unpaired) electrons. The summed E-state index contributed by atoms with van der Waals surface area (Å²) in [6, 6.07) is 0. The van der Waals surface area contributed by atoms with Crippen LogP contribution in [-0.2, 0) is 4.74 Å². The summed E-state index contributed by atoms with van der Waals surface area (Å²) in [6.07, 6.45) is 7.19. The molecule has 0 spiro atoms. The highest BCUT2D eigenvalue weighted by molar-refractivity contribution is 14.1. The van der Waals surface area contributed by atoms with Gasteiger partial charge in [-0.1, -0.05) is 48.8 Å². The van der Waals surface area contributed by atoms with Crippen LogP contribution in [0.4, 0.5) is 0 Å². The third-order valence-electron chi connectivity index (χ3n) is 3.12. The molecule has 0 aliphatic heterocycles. The van der Waals surface area contributed by atoms with Gasteiger partial charge < -0.3 is 4.74 Å². The van der Waals surface area contributed by atoms with Gasteiger partial charge in [-0.3, -0.25) is 0 Å². The summed E-state index contributed by atoms with van der Waals surface area (Å²) in [7, 11) is 0. The first-order chi connectivity index (χ1) is 6.57. The first kappa shape index (κ1) is 12.8. The fraction of sp³-hybridized carbons (Fsp3) is 1.00. The summed E-state index contributed by atoms with van der Waals surface area (Å²) >= 11 is 2.42. The number of halogens is 1. The van der Waals surface area contributed by atoms with Crippen molar-refractivity contribution < 1.29 is 4.74 Å². The van der Waals surface area contributed by atoms with E-state index in [4.69, 9.17) is 4.74 Å². The number of hydrogen-bond donors (Lipinski definition) is 0. The first-order valence-corrected chi connectivity index (χ1v) is 7.33. The highest BCUT2D eigenvalue weighted by atomic mass is 127. The van der Waals surface area contributed by atoms with Crippen LogP contribution >= 0.6 is 22.6 Å². The Morgan fingerprint density at radius 1 is 1.36 bits per heavy atom. The van der Waals surface area contributed by atoms with Gasteiger partial charge in [-0.25, -0.2) is 0 Å². The molecule has 0 aromatic carbocycles. The maximum absolute atomic E-state index is 6.15. The van der Waals surface area contributed by atoms with E-state index in [1.807, 2.05) is 0 Å². The molecule has 0 N–H and O–H groups in total. The van der Waals surface area contributed by atoms with Gasteiger partial charge in [0.05, 0.1) is 11.7 Å². The van der Waals surface area contributed by atoms with Crippen LogP contribution in [-0.4, -0.2) is 16.1 Å². The van der Waals surface area contributed by atoms with E-state index in [-0.39, 0.29) is 5.60 Å². The molecule has 0 saturated heterocycles. The molecule has 0 amide bonds. The zero-order chi connectivity index (χ0) is 10.6. The van der Waals surface area contributed by atoms with Crippen LogP contribution in [0.3, 0.4) is 0 Å². The molecule has 2 atom stereocenters. The largest absolute Gasteiger partial charge is 0.372 e. The van der Waals surface area contributed by atoms with Gasteiger partial charge in [-0.15, -0.1) is 0 Å². The Balaban J connectivity index is 2.37. The molecule has 14 heavy (non-hydrogen) atoms. The van der Waals surface area contributed by atoms with Gasteiger partial charge in [-0.05, 0) is 32.6 Å². The van der Waals surface area contributed by atoms with Crippen LogP contribution in [0, 0.1) is 5.92 Å². The predicted octanol–water partition coefficient (Wildman–Crippen LogP) is 4.19. The Hall–Kier alpha value is 0.690. The van der Waals surface area contributed by atoms with Crippen LogP contribution in [0.1, 0.15) is 52.9 Å². The Bertz CT molecular complexity index is 168. The molecule has 2 unspecified atom stereocenters. The fourth-order valence-electron chi connectivity index (χ4n) is 2.20. The number of alkyl halides is 1. The minimum absolute atomic E-state index is 0.0703. The highest BCUT2D eigenvalue weighted by Gasteiger charge is 2.27. The minimum Gasteiger partial charge on any atom is -0.372 e. The molecular formula is C12H23IO. The monoisotopic (exact) mass is 310 g/mol. The van der Waals surface area contributed by atoms with Gasteiger partial charge in [0, 0.05) is 4.43 Å². The first-order valence-electron chi connectivity index (χ1n) is 5.81. The van der Waals surface area contributed by atoms with Crippen molar-refractivity contribution in [2.75, 3.05) is 4.43 Å². The van der Waals surface area contributed by atoms with E-state index < -0.39 is 0 Å². The van der Waals surface area contributed by atoms with E-state index in [0.29, 0.717) is 6.10 Å². The van der Waals surface area contributed by atoms with Gasteiger partial charge in [0.15, 0.2) is 0 Å². The van der Waals surface area contributed by atoms with Crippen LogP contribution in [0.5, 0.6) is 0 Å². The molecule has 1 rings (SSSR count). The quantitative estimate of drug-likeness (QED) is 0.559. The van der Waals surface area contributed by atoms with Crippen molar-refractivity contribution in [2.45, 2.75) is 64.6 Å². The summed E-state index contributed by atoms with van der Waals surface area (Å²) in [6.45, 7) is 6.71. The Labute approximate surface area is 102 Å². The van der Waals surface area contributed by atoms with Crippen molar-refractivity contribution in [3.63, 3.8) is 0 Å². The van der Waals surface area contributed by atoms with Crippen molar-refractivity contribution in [3.05, 3.63) is 0 Å². The lowest BCUT2D eigenvalue weighted by Gasteiger charge is -2.34. The van der Waals surface area contributed by atoms with E-state index in [0.717, 1.165) is 10.3 Å². The van der Waals surface area contributed by atoms with Crippen molar-refractivity contribution in [1.82, 2.24) is 0 Å². The minimum atomic E-state index is 0.0703. The Kier molecular flexibility index (Phi) is 5.18. The summed E-state index contributed by atoms with van der Waals surface area (Å²) < 4.78 is 7.23. The van der Waals surface area contributed by atoms with E-state index >= 15 is 0 Å². The smallest absolute Gasteiger partial charge is 0.0719 e. The number of ether oxygens (including phenoxy) is 1. The fourth-order valence-corrected chi connectivity index (χ4v) is 2.38. The predicted molar refractivity (Wildman–Crippen MR) is 70.1 cm³/mol. The van der Waals surface area contributed by atoms with Crippen molar-refractivity contribution >= 4 is 22.6 Å². The van der Waals surface area contributed by atoms with E-state index in [1.54, 1.807) is 0 Å². The molecular weight excluding hydrogens is 287 g/mol. The maximum atomic E-state index is 6.15. The summed E-state index contributed by atoms with van der Waals surface area (Å²) in [5, 5.41) is 0. The van der Waals surface area contributed by atoms with Crippen molar-refractivity contribution in [1.29, 1.82) is 0 Å². The lowest BCUT2D eigenvalue weighted by molar-refractivity contribution is -0.0773. The second-order valence-corrected chi connectivity index (χ2v) is 5.84. The molecule has 84 valence electrons. The molecule has 0 heterocycles. The van der Waals surface area contributed by atoms with Gasteiger partial charge in [0.25, 0.3) is 0 Å². The number of rotatable bonds is 4. The zero-order valence-electron chi connectivity index (χ0n) is 9.68. The van der Waals surface area contributed by atoms with Gasteiger partial charge in [0.2, 0.25) is 0 Å².